The van der Waals surface area contributed by atoms with E-state index < -0.39 is 0 Å². The summed E-state index contributed by atoms with van der Waals surface area (Å²) in [5.41, 5.74) is 4.70. The topological polar surface area (TPSA) is 46.1 Å². The summed E-state index contributed by atoms with van der Waals surface area (Å²) in [5.74, 6) is -0.427. The number of aryl methyl sites for hydroxylation is 2. The molecule has 0 bridgehead atoms. The summed E-state index contributed by atoms with van der Waals surface area (Å²) in [6.45, 7) is 0.305. The molecule has 0 radical (unpaired) electrons. The molecule has 0 atom stereocenters. The van der Waals surface area contributed by atoms with Gasteiger partial charge in [0.15, 0.2) is 5.13 Å². The lowest BCUT2D eigenvalue weighted by molar-refractivity contribution is 0.0984. The van der Waals surface area contributed by atoms with E-state index in [4.69, 9.17) is 0 Å². The van der Waals surface area contributed by atoms with E-state index in [1.54, 1.807) is 17.2 Å². The second-order valence-corrected chi connectivity index (χ2v) is 8.52. The number of hydrogen-bond donors (Lipinski definition) is 0. The van der Waals surface area contributed by atoms with Crippen LogP contribution in [0.2, 0.25) is 0 Å². The average Bonchev–Trinajstić information content (AvgIpc) is 3.20. The molecular formula is C24H20FN3OS. The molecule has 0 N–H and O–H groups in total. The van der Waals surface area contributed by atoms with Crippen molar-refractivity contribution in [1.29, 1.82) is 0 Å². The van der Waals surface area contributed by atoms with Gasteiger partial charge in [0, 0.05) is 11.8 Å². The average molecular weight is 418 g/mol. The number of halogens is 1. The van der Waals surface area contributed by atoms with E-state index in [0.717, 1.165) is 25.0 Å². The van der Waals surface area contributed by atoms with E-state index in [1.165, 1.54) is 41.0 Å². The monoisotopic (exact) mass is 417 g/mol. The summed E-state index contributed by atoms with van der Waals surface area (Å²) in [4.78, 5) is 24.2. The summed E-state index contributed by atoms with van der Waals surface area (Å²) >= 11 is 1.32. The lowest BCUT2D eigenvalue weighted by Gasteiger charge is -2.21. The fraction of sp³-hybridized carbons (Fsp3) is 0.208. The summed E-state index contributed by atoms with van der Waals surface area (Å²) in [7, 11) is 0. The van der Waals surface area contributed by atoms with Crippen LogP contribution in [0.4, 0.5) is 9.52 Å². The molecule has 0 spiro atoms. The molecule has 1 amide bonds. The number of nitrogens with zero attached hydrogens (tertiary/aromatic N) is 3. The summed E-state index contributed by atoms with van der Waals surface area (Å²) in [6.07, 6.45) is 6.16. The van der Waals surface area contributed by atoms with Crippen LogP contribution in [0.5, 0.6) is 0 Å². The number of aromatic nitrogens is 2. The van der Waals surface area contributed by atoms with Gasteiger partial charge >= 0.3 is 0 Å². The number of thiazole rings is 1. The number of carbonyl (C=O) groups is 1. The highest BCUT2D eigenvalue weighted by Gasteiger charge is 2.23. The van der Waals surface area contributed by atoms with Gasteiger partial charge in [-0.25, -0.2) is 9.37 Å². The van der Waals surface area contributed by atoms with Crippen LogP contribution >= 0.6 is 11.3 Å². The van der Waals surface area contributed by atoms with Gasteiger partial charge in [-0.15, -0.1) is 0 Å². The maximum absolute atomic E-state index is 13.7. The van der Waals surface area contributed by atoms with Gasteiger partial charge in [0.25, 0.3) is 5.91 Å². The van der Waals surface area contributed by atoms with Crippen molar-refractivity contribution in [2.75, 3.05) is 4.90 Å². The Morgan fingerprint density at radius 2 is 1.90 bits per heavy atom. The molecule has 0 fully saturated rings. The zero-order valence-corrected chi connectivity index (χ0v) is 17.2. The number of hydrogen-bond acceptors (Lipinski definition) is 4. The Morgan fingerprint density at radius 3 is 2.73 bits per heavy atom. The zero-order valence-electron chi connectivity index (χ0n) is 16.3. The predicted octanol–water partition coefficient (Wildman–Crippen LogP) is 5.56. The number of rotatable bonds is 4. The Labute approximate surface area is 178 Å². The largest absolute Gasteiger partial charge is 0.278 e. The van der Waals surface area contributed by atoms with Gasteiger partial charge in [-0.1, -0.05) is 23.5 Å². The van der Waals surface area contributed by atoms with E-state index in [1.807, 2.05) is 30.3 Å². The van der Waals surface area contributed by atoms with E-state index in [2.05, 4.69) is 16.0 Å². The van der Waals surface area contributed by atoms with Gasteiger partial charge < -0.3 is 0 Å². The Balaban J connectivity index is 1.55. The van der Waals surface area contributed by atoms with E-state index >= 15 is 0 Å². The lowest BCUT2D eigenvalue weighted by Crippen LogP contribution is -2.31. The Hall–Kier alpha value is -3.12. The molecular weight excluding hydrogens is 397 g/mol. The first-order chi connectivity index (χ1) is 14.7. The minimum absolute atomic E-state index is 0.117. The number of amides is 1. The zero-order chi connectivity index (χ0) is 20.5. The molecule has 0 unspecified atom stereocenters. The molecule has 0 aliphatic heterocycles. The van der Waals surface area contributed by atoms with E-state index in [-0.39, 0.29) is 11.7 Å². The van der Waals surface area contributed by atoms with Crippen molar-refractivity contribution < 1.29 is 9.18 Å². The second-order valence-electron chi connectivity index (χ2n) is 7.51. The van der Waals surface area contributed by atoms with Gasteiger partial charge in [-0.2, -0.15) is 0 Å². The maximum atomic E-state index is 13.7. The first kappa shape index (κ1) is 18.9. The van der Waals surface area contributed by atoms with Gasteiger partial charge in [-0.3, -0.25) is 14.7 Å². The van der Waals surface area contributed by atoms with Crippen molar-refractivity contribution in [3.05, 3.63) is 89.0 Å². The molecule has 2 aromatic heterocycles. The third-order valence-corrected chi connectivity index (χ3v) is 6.50. The quantitative estimate of drug-likeness (QED) is 0.437. The molecule has 0 saturated heterocycles. The molecule has 1 aliphatic rings. The first-order valence-electron chi connectivity index (χ1n) is 10.1. The number of anilines is 1. The van der Waals surface area contributed by atoms with Gasteiger partial charge in [0.05, 0.1) is 22.5 Å². The lowest BCUT2D eigenvalue weighted by atomic mass is 9.90. The van der Waals surface area contributed by atoms with Gasteiger partial charge in [0.2, 0.25) is 0 Å². The summed E-state index contributed by atoms with van der Waals surface area (Å²) in [6, 6.07) is 16.1. The molecule has 2 aromatic carbocycles. The highest BCUT2D eigenvalue weighted by molar-refractivity contribution is 7.22. The van der Waals surface area contributed by atoms with Crippen molar-refractivity contribution >= 4 is 32.6 Å². The summed E-state index contributed by atoms with van der Waals surface area (Å²) in [5, 5.41) is 0.545. The highest BCUT2D eigenvalue weighted by atomic mass is 32.1. The van der Waals surface area contributed by atoms with Crippen LogP contribution in [0.1, 0.15) is 40.0 Å². The number of fused-ring (bicyclic) bond motifs is 2. The third kappa shape index (κ3) is 3.71. The van der Waals surface area contributed by atoms with Crippen molar-refractivity contribution in [2.45, 2.75) is 32.2 Å². The maximum Gasteiger partial charge on any atom is 0.260 e. The van der Waals surface area contributed by atoms with E-state index in [0.29, 0.717) is 27.5 Å². The molecule has 30 heavy (non-hydrogen) atoms. The third-order valence-electron chi connectivity index (χ3n) is 5.46. The normalized spacial score (nSPS) is 13.2. The molecule has 1 aliphatic carbocycles. The SMILES string of the molecule is O=C(c1ccc2c(c1)CCCC2)N(Cc1ccccn1)c1nc2ccc(F)cc2s1. The Kier molecular flexibility index (Phi) is 5.01. The van der Waals surface area contributed by atoms with Crippen molar-refractivity contribution in [1.82, 2.24) is 9.97 Å². The standard InChI is InChI=1S/C24H20FN3OS/c25-19-10-11-21-22(14-19)30-24(27-21)28(15-20-7-3-4-12-26-20)23(29)18-9-8-16-5-1-2-6-17(16)13-18/h3-4,7-14H,1-2,5-6,15H2. The molecule has 4 aromatic rings. The molecule has 6 heteroatoms. The van der Waals surface area contributed by atoms with Crippen molar-refractivity contribution in [3.63, 3.8) is 0 Å². The van der Waals surface area contributed by atoms with Crippen molar-refractivity contribution in [3.8, 4) is 0 Å². The molecule has 5 rings (SSSR count). The Bertz CT molecular complexity index is 1220. The summed E-state index contributed by atoms with van der Waals surface area (Å²) < 4.78 is 14.4. The first-order valence-corrected chi connectivity index (χ1v) is 10.9. The number of pyridine rings is 1. The van der Waals surface area contributed by atoms with Crippen LogP contribution in [0.3, 0.4) is 0 Å². The van der Waals surface area contributed by atoms with Crippen LogP contribution in [0, 0.1) is 5.82 Å². The van der Waals surface area contributed by atoms with E-state index in [9.17, 15) is 9.18 Å². The minimum Gasteiger partial charge on any atom is -0.278 e. The highest BCUT2D eigenvalue weighted by Crippen LogP contribution is 2.32. The molecule has 150 valence electrons. The van der Waals surface area contributed by atoms with Crippen molar-refractivity contribution in [2.24, 2.45) is 0 Å². The van der Waals surface area contributed by atoms with Crippen LogP contribution < -0.4 is 4.90 Å². The van der Waals surface area contributed by atoms with Crippen LogP contribution in [-0.4, -0.2) is 15.9 Å². The molecule has 4 nitrogen and oxygen atoms in total. The minimum atomic E-state index is -0.310. The van der Waals surface area contributed by atoms with Gasteiger partial charge in [0.1, 0.15) is 5.82 Å². The second kappa shape index (κ2) is 7.95. The fourth-order valence-electron chi connectivity index (χ4n) is 3.90. The smallest absolute Gasteiger partial charge is 0.260 e. The van der Waals surface area contributed by atoms with Gasteiger partial charge in [-0.05, 0) is 79.3 Å². The van der Waals surface area contributed by atoms with Crippen LogP contribution in [0.15, 0.2) is 60.8 Å². The molecule has 0 saturated carbocycles. The Morgan fingerprint density at radius 1 is 1.03 bits per heavy atom. The molecule has 2 heterocycles. The number of carbonyl (C=O) groups excluding carboxylic acids is 1. The number of benzene rings is 2. The van der Waals surface area contributed by atoms with Crippen LogP contribution in [-0.2, 0) is 19.4 Å². The predicted molar refractivity (Wildman–Crippen MR) is 117 cm³/mol. The van der Waals surface area contributed by atoms with Crippen LogP contribution in [0.25, 0.3) is 10.2 Å². The fourth-order valence-corrected chi connectivity index (χ4v) is 4.89.